The van der Waals surface area contributed by atoms with Crippen molar-refractivity contribution in [1.29, 1.82) is 0 Å². The van der Waals surface area contributed by atoms with Gasteiger partial charge in [0.15, 0.2) is 0 Å². The van der Waals surface area contributed by atoms with Gasteiger partial charge >= 0.3 is 0 Å². The summed E-state index contributed by atoms with van der Waals surface area (Å²) >= 11 is 0. The summed E-state index contributed by atoms with van der Waals surface area (Å²) in [5.41, 5.74) is 15.3. The first-order valence-electron chi connectivity index (χ1n) is 29.2. The van der Waals surface area contributed by atoms with Crippen LogP contribution in [0.2, 0.25) is 0 Å². The third-order valence-corrected chi connectivity index (χ3v) is 17.6. The highest BCUT2D eigenvalue weighted by Crippen LogP contribution is 2.47. The zero-order valence-electron chi connectivity index (χ0n) is 50.4. The molecule has 9 heteroatoms. The second-order valence-corrected chi connectivity index (χ2v) is 24.6. The smallest absolute Gasteiger partial charge is 0.122 e. The monoisotopic (exact) mass is 1140 g/mol. The normalized spacial score (nSPS) is 11.8. The maximum Gasteiger partial charge on any atom is 0.122 e. The lowest BCUT2D eigenvalue weighted by Gasteiger charge is -2.35. The van der Waals surface area contributed by atoms with Crippen molar-refractivity contribution >= 4 is 0 Å². The van der Waals surface area contributed by atoms with Gasteiger partial charge in [-0.1, -0.05) is 181 Å². The van der Waals surface area contributed by atoms with Gasteiger partial charge in [0.05, 0.1) is 0 Å². The molecule has 0 aromatic heterocycles. The zero-order chi connectivity index (χ0) is 61.5. The van der Waals surface area contributed by atoms with E-state index in [9.17, 15) is 46.0 Å². The van der Waals surface area contributed by atoms with E-state index in [0.29, 0.717) is 66.8 Å². The fourth-order valence-electron chi connectivity index (χ4n) is 12.3. The summed E-state index contributed by atoms with van der Waals surface area (Å²) in [7, 11) is 0. The maximum absolute atomic E-state index is 12.5. The predicted molar refractivity (Wildman–Crippen MR) is 342 cm³/mol. The minimum absolute atomic E-state index is 0.0230. The van der Waals surface area contributed by atoms with Crippen LogP contribution in [0.1, 0.15) is 149 Å². The SMILES string of the molecule is Cc1ccc(O)c(Cc2cc(C(C)(C)c3ccc(C(C)(c4cc(Cc5cc(C)ccc5O)c(O)c(Cc5cc(C)ccc5O)c4)c4cc(Cc5cc(C)ccc5O)c(O)c(Cc5cc(C)ccc5O)c4)cc3)cc(Cc3cc(C)ccc3O)c2O)c1. The van der Waals surface area contributed by atoms with Gasteiger partial charge in [-0.3, -0.25) is 0 Å². The number of phenols is 9. The second kappa shape index (κ2) is 23.8. The molecule has 10 rings (SSSR count). The Balaban J connectivity index is 1.20. The van der Waals surface area contributed by atoms with Crippen molar-refractivity contribution in [2.24, 2.45) is 0 Å². The van der Waals surface area contributed by atoms with Crippen LogP contribution in [-0.4, -0.2) is 46.0 Å². The molecule has 9 nitrogen and oxygen atoms in total. The predicted octanol–water partition coefficient (Wildman–Crippen LogP) is 16.1. The van der Waals surface area contributed by atoms with Gasteiger partial charge in [-0.2, -0.15) is 0 Å². The molecule has 0 aliphatic carbocycles. The van der Waals surface area contributed by atoms with E-state index in [1.165, 1.54) is 0 Å². The molecule has 0 radical (unpaired) electrons. The highest BCUT2D eigenvalue weighted by atomic mass is 16.3. The largest absolute Gasteiger partial charge is 0.508 e. The number of hydrogen-bond acceptors (Lipinski definition) is 9. The molecule has 0 saturated carbocycles. The molecule has 438 valence electrons. The van der Waals surface area contributed by atoms with E-state index in [4.69, 9.17) is 0 Å². The van der Waals surface area contributed by atoms with Crippen LogP contribution in [-0.2, 0) is 49.4 Å². The number of aromatic hydroxyl groups is 9. The molecule has 0 heterocycles. The van der Waals surface area contributed by atoms with E-state index in [0.717, 1.165) is 61.2 Å². The Morgan fingerprint density at radius 3 is 0.640 bits per heavy atom. The minimum atomic E-state index is -1.12. The molecule has 10 aromatic carbocycles. The van der Waals surface area contributed by atoms with Crippen LogP contribution in [0.25, 0.3) is 0 Å². The van der Waals surface area contributed by atoms with Crippen LogP contribution in [0.5, 0.6) is 51.7 Å². The number of rotatable bonds is 17. The molecule has 10 aromatic rings. The van der Waals surface area contributed by atoms with Crippen molar-refractivity contribution in [2.75, 3.05) is 0 Å². The lowest BCUT2D eigenvalue weighted by Crippen LogP contribution is -2.27. The first-order valence-corrected chi connectivity index (χ1v) is 29.2. The molecule has 0 aliphatic rings. The quantitative estimate of drug-likeness (QED) is 0.0401. The Kier molecular flexibility index (Phi) is 16.5. The topological polar surface area (TPSA) is 182 Å². The molecule has 0 spiro atoms. The first kappa shape index (κ1) is 59.6. The summed E-state index contributed by atoms with van der Waals surface area (Å²) in [6.07, 6.45) is 1.16. The molecule has 0 atom stereocenters. The van der Waals surface area contributed by atoms with Crippen molar-refractivity contribution in [3.8, 4) is 51.7 Å². The van der Waals surface area contributed by atoms with E-state index in [-0.39, 0.29) is 90.3 Å². The zero-order valence-corrected chi connectivity index (χ0v) is 50.4. The summed E-state index contributed by atoms with van der Waals surface area (Å²) in [5, 5.41) is 105. The lowest BCUT2D eigenvalue weighted by atomic mass is 9.68. The number of aryl methyl sites for hydroxylation is 6. The highest BCUT2D eigenvalue weighted by Gasteiger charge is 2.36. The molecule has 9 N–H and O–H groups in total. The van der Waals surface area contributed by atoms with Gasteiger partial charge in [0.2, 0.25) is 0 Å². The minimum Gasteiger partial charge on any atom is -0.508 e. The van der Waals surface area contributed by atoms with Crippen molar-refractivity contribution in [1.82, 2.24) is 0 Å². The fourth-order valence-corrected chi connectivity index (χ4v) is 12.3. The van der Waals surface area contributed by atoms with Crippen molar-refractivity contribution in [3.05, 3.63) is 298 Å². The van der Waals surface area contributed by atoms with Gasteiger partial charge in [0.1, 0.15) is 51.7 Å². The standard InChI is InChI=1S/C77H76O9/c1-44-10-20-67(78)50(26-44)32-56-38-64(39-57(73(56)84)33-51-27-45(2)11-21-68(51)79)76(7,8)62-16-18-63(19-17-62)77(9,65-40-58(34-52-28-46(3)12-22-69(52)80)74(85)59(41-65)35-53-29-47(4)13-23-70(53)81)66-42-60(36-54-30-48(5)14-24-71(54)82)75(86)61(43-66)37-55-31-49(6)15-25-72(55)83/h10-31,38-43,78-86H,32-37H2,1-9H3. The van der Waals surface area contributed by atoms with Gasteiger partial charge in [-0.15, -0.1) is 0 Å². The number of phenolic OH excluding ortho intramolecular Hbond substituents is 9. The van der Waals surface area contributed by atoms with E-state index in [1.54, 1.807) is 36.4 Å². The second-order valence-electron chi connectivity index (χ2n) is 24.6. The van der Waals surface area contributed by atoms with Crippen LogP contribution in [0, 0.1) is 41.5 Å². The summed E-state index contributed by atoms with van der Waals surface area (Å²) in [6.45, 7) is 18.1. The first-order chi connectivity index (χ1) is 40.8. The van der Waals surface area contributed by atoms with Crippen molar-refractivity contribution < 1.29 is 46.0 Å². The van der Waals surface area contributed by atoms with Crippen LogP contribution in [0.15, 0.2) is 170 Å². The van der Waals surface area contributed by atoms with Gasteiger partial charge in [0, 0.05) is 49.4 Å². The van der Waals surface area contributed by atoms with Gasteiger partial charge in [-0.05, 0) is 179 Å². The molecular formula is C77H76O9. The van der Waals surface area contributed by atoms with Gasteiger partial charge in [-0.25, -0.2) is 0 Å². The maximum atomic E-state index is 12.5. The van der Waals surface area contributed by atoms with Gasteiger partial charge in [0.25, 0.3) is 0 Å². The Hall–Kier alpha value is -9.60. The summed E-state index contributed by atoms with van der Waals surface area (Å²) in [6, 6.07) is 52.9. The van der Waals surface area contributed by atoms with E-state index < -0.39 is 10.8 Å². The molecule has 0 bridgehead atoms. The number of benzene rings is 10. The van der Waals surface area contributed by atoms with Crippen LogP contribution >= 0.6 is 0 Å². The third-order valence-electron chi connectivity index (χ3n) is 17.6. The van der Waals surface area contributed by atoms with Crippen molar-refractivity contribution in [3.63, 3.8) is 0 Å². The Morgan fingerprint density at radius 2 is 0.419 bits per heavy atom. The Morgan fingerprint density at radius 1 is 0.221 bits per heavy atom. The van der Waals surface area contributed by atoms with E-state index >= 15 is 0 Å². The number of hydrogen-bond donors (Lipinski definition) is 9. The van der Waals surface area contributed by atoms with Gasteiger partial charge < -0.3 is 46.0 Å². The summed E-state index contributed by atoms with van der Waals surface area (Å²) in [5.74, 6) is 0.717. The molecule has 0 saturated heterocycles. The molecule has 0 aliphatic heterocycles. The fraction of sp³-hybridized carbons (Fsp3) is 0.221. The molecule has 0 fully saturated rings. The lowest BCUT2D eigenvalue weighted by molar-refractivity contribution is 0.454. The molecule has 86 heavy (non-hydrogen) atoms. The molecular weight excluding hydrogens is 1070 g/mol. The van der Waals surface area contributed by atoms with Crippen LogP contribution in [0.3, 0.4) is 0 Å². The average Bonchev–Trinajstić information content (AvgIpc) is 0.874. The molecule has 0 amide bonds. The summed E-state index contributed by atoms with van der Waals surface area (Å²) < 4.78 is 0. The van der Waals surface area contributed by atoms with E-state index in [2.05, 4.69) is 45.0 Å². The molecule has 0 unspecified atom stereocenters. The van der Waals surface area contributed by atoms with E-state index in [1.807, 2.05) is 151 Å². The summed E-state index contributed by atoms with van der Waals surface area (Å²) in [4.78, 5) is 0. The third kappa shape index (κ3) is 12.3. The van der Waals surface area contributed by atoms with Crippen LogP contribution < -0.4 is 0 Å². The van der Waals surface area contributed by atoms with Crippen LogP contribution in [0.4, 0.5) is 0 Å². The highest BCUT2D eigenvalue weighted by molar-refractivity contribution is 5.62. The Bertz CT molecular complexity index is 3840. The average molecular weight is 1150 g/mol. The van der Waals surface area contributed by atoms with Crippen molar-refractivity contribution in [2.45, 2.75) is 112 Å². The Labute approximate surface area is 504 Å².